The Kier molecular flexibility index (Phi) is 3.19. The van der Waals surface area contributed by atoms with E-state index in [1.54, 1.807) is 0 Å². The average Bonchev–Trinajstić information content (AvgIpc) is 2.02. The van der Waals surface area contributed by atoms with Gasteiger partial charge in [-0.2, -0.15) is 0 Å². The molecule has 0 atom stereocenters. The minimum Gasteiger partial charge on any atom is -0.333 e. The van der Waals surface area contributed by atoms with E-state index in [2.05, 4.69) is 18.3 Å². The zero-order chi connectivity index (χ0) is 10.8. The predicted molar refractivity (Wildman–Crippen MR) is 58.2 cm³/mol. The van der Waals surface area contributed by atoms with Crippen molar-refractivity contribution in [1.29, 1.82) is 0 Å². The Morgan fingerprint density at radius 1 is 1.50 bits per heavy atom. The van der Waals surface area contributed by atoms with Gasteiger partial charge in [0.2, 0.25) is 0 Å². The summed E-state index contributed by atoms with van der Waals surface area (Å²) in [5.41, 5.74) is 1.23. The maximum atomic E-state index is 11.7. The summed E-state index contributed by atoms with van der Waals surface area (Å²) >= 11 is 0. The summed E-state index contributed by atoms with van der Waals surface area (Å²) in [6, 6.07) is 0.0428. The number of nitrogens with zero attached hydrogens (tertiary/aromatic N) is 1. The summed E-state index contributed by atoms with van der Waals surface area (Å²) in [7, 11) is 0. The Hall–Kier alpha value is -0.990. The molecule has 3 nitrogen and oxygen atoms in total. The van der Waals surface area contributed by atoms with Crippen LogP contribution >= 0.6 is 0 Å². The fourth-order valence-corrected chi connectivity index (χ4v) is 1.36. The second kappa shape index (κ2) is 4.03. The van der Waals surface area contributed by atoms with Gasteiger partial charge in [0.25, 0.3) is 0 Å². The molecule has 0 unspecified atom stereocenters. The Bertz CT molecular complexity index is 251. The van der Waals surface area contributed by atoms with Crippen LogP contribution in [-0.4, -0.2) is 29.6 Å². The smallest absolute Gasteiger partial charge is 0.318 e. The molecule has 2 amide bonds. The highest BCUT2D eigenvalue weighted by Gasteiger charge is 2.20. The first kappa shape index (κ1) is 11.1. The van der Waals surface area contributed by atoms with Crippen molar-refractivity contribution in [2.24, 2.45) is 0 Å². The molecule has 80 valence electrons. The molecule has 3 heteroatoms. The quantitative estimate of drug-likeness (QED) is 0.591. The topological polar surface area (TPSA) is 32.3 Å². The van der Waals surface area contributed by atoms with Crippen molar-refractivity contribution in [3.63, 3.8) is 0 Å². The zero-order valence-electron chi connectivity index (χ0n) is 9.55. The van der Waals surface area contributed by atoms with Gasteiger partial charge in [0.15, 0.2) is 0 Å². The van der Waals surface area contributed by atoms with Gasteiger partial charge in [-0.05, 0) is 34.1 Å². The summed E-state index contributed by atoms with van der Waals surface area (Å²) in [5, 5.41) is 2.96. The number of rotatable bonds is 0. The summed E-state index contributed by atoms with van der Waals surface area (Å²) < 4.78 is 0. The lowest BCUT2D eigenvalue weighted by molar-refractivity contribution is 0.192. The van der Waals surface area contributed by atoms with Gasteiger partial charge in [-0.1, -0.05) is 11.6 Å². The lowest BCUT2D eigenvalue weighted by Crippen LogP contribution is -2.49. The van der Waals surface area contributed by atoms with Crippen LogP contribution in [0.25, 0.3) is 0 Å². The van der Waals surface area contributed by atoms with Crippen LogP contribution in [-0.2, 0) is 0 Å². The van der Waals surface area contributed by atoms with E-state index in [0.717, 1.165) is 19.5 Å². The first-order valence-electron chi connectivity index (χ1n) is 5.11. The van der Waals surface area contributed by atoms with Crippen molar-refractivity contribution in [2.75, 3.05) is 13.1 Å². The SMILES string of the molecule is CC1=CCN(C(=O)NC(C)(C)C)CC1. The van der Waals surface area contributed by atoms with E-state index in [0.29, 0.717) is 0 Å². The third-order valence-corrected chi connectivity index (χ3v) is 2.21. The van der Waals surface area contributed by atoms with Crippen molar-refractivity contribution < 1.29 is 4.79 Å². The molecular formula is C11H20N2O. The molecule has 0 aliphatic carbocycles. The van der Waals surface area contributed by atoms with Gasteiger partial charge in [-0.3, -0.25) is 0 Å². The normalized spacial score (nSPS) is 17.7. The molecule has 1 heterocycles. The van der Waals surface area contributed by atoms with E-state index in [9.17, 15) is 4.79 Å². The van der Waals surface area contributed by atoms with Crippen LogP contribution in [0.1, 0.15) is 34.1 Å². The maximum Gasteiger partial charge on any atom is 0.318 e. The third kappa shape index (κ3) is 3.40. The van der Waals surface area contributed by atoms with E-state index < -0.39 is 0 Å². The molecule has 0 radical (unpaired) electrons. The van der Waals surface area contributed by atoms with Crippen LogP contribution in [0.2, 0.25) is 0 Å². The molecule has 0 spiro atoms. The van der Waals surface area contributed by atoms with Crippen LogP contribution in [0.4, 0.5) is 4.79 Å². The molecule has 0 aromatic carbocycles. The van der Waals surface area contributed by atoms with Gasteiger partial charge < -0.3 is 10.2 Å². The number of carbonyl (C=O) groups excluding carboxylic acids is 1. The second-order valence-electron chi connectivity index (χ2n) is 4.93. The number of hydrogen-bond acceptors (Lipinski definition) is 1. The van der Waals surface area contributed by atoms with E-state index in [1.807, 2.05) is 25.7 Å². The van der Waals surface area contributed by atoms with Gasteiger partial charge in [0.1, 0.15) is 0 Å². The van der Waals surface area contributed by atoms with Gasteiger partial charge in [0, 0.05) is 18.6 Å². The molecule has 1 rings (SSSR count). The standard InChI is InChI=1S/C11H20N2O/c1-9-5-7-13(8-6-9)10(14)12-11(2,3)4/h5H,6-8H2,1-4H3,(H,12,14). The number of amides is 2. The summed E-state index contributed by atoms with van der Waals surface area (Å²) in [6.07, 6.45) is 3.11. The van der Waals surface area contributed by atoms with Gasteiger partial charge in [0.05, 0.1) is 0 Å². The zero-order valence-corrected chi connectivity index (χ0v) is 9.55. The Morgan fingerprint density at radius 3 is 2.57 bits per heavy atom. The van der Waals surface area contributed by atoms with Crippen molar-refractivity contribution in [2.45, 2.75) is 39.7 Å². The summed E-state index contributed by atoms with van der Waals surface area (Å²) in [6.45, 7) is 9.68. The van der Waals surface area contributed by atoms with Gasteiger partial charge >= 0.3 is 6.03 Å². The van der Waals surface area contributed by atoms with Crippen LogP contribution in [0.5, 0.6) is 0 Å². The lowest BCUT2D eigenvalue weighted by atomic mass is 10.1. The lowest BCUT2D eigenvalue weighted by Gasteiger charge is -2.30. The molecule has 1 N–H and O–H groups in total. The number of hydrogen-bond donors (Lipinski definition) is 1. The fraction of sp³-hybridized carbons (Fsp3) is 0.727. The largest absolute Gasteiger partial charge is 0.333 e. The predicted octanol–water partition coefficient (Wildman–Crippen LogP) is 2.15. The van der Waals surface area contributed by atoms with E-state index >= 15 is 0 Å². The summed E-state index contributed by atoms with van der Waals surface area (Å²) in [5.74, 6) is 0. The molecule has 0 aromatic heterocycles. The highest BCUT2D eigenvalue weighted by atomic mass is 16.2. The van der Waals surface area contributed by atoms with E-state index in [1.165, 1.54) is 5.57 Å². The second-order valence-corrected chi connectivity index (χ2v) is 4.93. The Balaban J connectivity index is 2.47. The molecule has 0 saturated carbocycles. The fourth-order valence-electron chi connectivity index (χ4n) is 1.36. The molecule has 14 heavy (non-hydrogen) atoms. The van der Waals surface area contributed by atoms with Gasteiger partial charge in [-0.15, -0.1) is 0 Å². The molecule has 0 aromatic rings. The molecule has 0 saturated heterocycles. The molecule has 0 fully saturated rings. The Labute approximate surface area is 86.2 Å². The van der Waals surface area contributed by atoms with Crippen molar-refractivity contribution in [3.05, 3.63) is 11.6 Å². The third-order valence-electron chi connectivity index (χ3n) is 2.21. The number of carbonyl (C=O) groups is 1. The average molecular weight is 196 g/mol. The van der Waals surface area contributed by atoms with Crippen LogP contribution < -0.4 is 5.32 Å². The molecular weight excluding hydrogens is 176 g/mol. The maximum absolute atomic E-state index is 11.7. The highest BCUT2D eigenvalue weighted by Crippen LogP contribution is 2.10. The van der Waals surface area contributed by atoms with Crippen molar-refractivity contribution in [1.82, 2.24) is 10.2 Å². The first-order valence-corrected chi connectivity index (χ1v) is 5.11. The van der Waals surface area contributed by atoms with E-state index in [-0.39, 0.29) is 11.6 Å². The van der Waals surface area contributed by atoms with Crippen molar-refractivity contribution >= 4 is 6.03 Å². The Morgan fingerprint density at radius 2 is 2.14 bits per heavy atom. The van der Waals surface area contributed by atoms with Crippen LogP contribution in [0.15, 0.2) is 11.6 Å². The van der Waals surface area contributed by atoms with E-state index in [4.69, 9.17) is 0 Å². The van der Waals surface area contributed by atoms with Crippen LogP contribution in [0.3, 0.4) is 0 Å². The number of nitrogens with one attached hydrogen (secondary N) is 1. The molecule has 1 aliphatic rings. The number of urea groups is 1. The molecule has 0 bridgehead atoms. The van der Waals surface area contributed by atoms with Crippen molar-refractivity contribution in [3.8, 4) is 0 Å². The minimum absolute atomic E-state index is 0.0428. The molecule has 1 aliphatic heterocycles. The first-order chi connectivity index (χ1) is 6.38. The minimum atomic E-state index is -0.146. The highest BCUT2D eigenvalue weighted by molar-refractivity contribution is 5.75. The van der Waals surface area contributed by atoms with Crippen LogP contribution in [0, 0.1) is 0 Å². The monoisotopic (exact) mass is 196 g/mol. The van der Waals surface area contributed by atoms with Gasteiger partial charge in [-0.25, -0.2) is 4.79 Å². The summed E-state index contributed by atoms with van der Waals surface area (Å²) in [4.78, 5) is 13.6.